The fourth-order valence-corrected chi connectivity index (χ4v) is 1.69. The molecule has 0 aliphatic rings. The van der Waals surface area contributed by atoms with Crippen molar-refractivity contribution in [2.75, 3.05) is 27.2 Å². The van der Waals surface area contributed by atoms with Gasteiger partial charge in [0.05, 0.1) is 27.2 Å². The minimum Gasteiger partial charge on any atom is -1.00 e. The van der Waals surface area contributed by atoms with Gasteiger partial charge in [-0.25, -0.2) is 0 Å². The minimum absolute atomic E-state index is 0. The van der Waals surface area contributed by atoms with Crippen molar-refractivity contribution in [1.29, 1.82) is 0 Å². The van der Waals surface area contributed by atoms with E-state index in [4.69, 9.17) is 0 Å². The number of nitrogens with zero attached hydrogens (tertiary/aromatic N) is 1. The Morgan fingerprint density at radius 2 is 1.07 bits per heavy atom. The van der Waals surface area contributed by atoms with Gasteiger partial charge in [0.15, 0.2) is 0 Å². The quantitative estimate of drug-likeness (QED) is 0.413. The van der Waals surface area contributed by atoms with Crippen molar-refractivity contribution < 1.29 is 16.9 Å². The number of rotatable bonds is 8. The summed E-state index contributed by atoms with van der Waals surface area (Å²) in [6.45, 7) is 7.27. The van der Waals surface area contributed by atoms with E-state index in [0.717, 1.165) is 0 Å². The zero-order chi connectivity index (χ0) is 10.2. The van der Waals surface area contributed by atoms with Crippen LogP contribution in [0.5, 0.6) is 0 Å². The molecule has 2 heteroatoms. The van der Waals surface area contributed by atoms with Crippen LogP contribution in [0.15, 0.2) is 0 Å². The third-order valence-electron chi connectivity index (χ3n) is 2.73. The maximum atomic E-state index is 2.37. The van der Waals surface area contributed by atoms with Crippen LogP contribution in [0.4, 0.5) is 0 Å². The van der Waals surface area contributed by atoms with E-state index in [2.05, 4.69) is 27.9 Å². The predicted molar refractivity (Wildman–Crippen MR) is 60.9 cm³/mol. The molecule has 0 aliphatic heterocycles. The molecule has 0 saturated heterocycles. The standard InChI is InChI=1S/C12H28N.ClH/c1-5-7-9-11-13(3,4)12-10-8-6-2;/h5-12H2,1-4H3;1H/q+1;/p-1. The fourth-order valence-electron chi connectivity index (χ4n) is 1.69. The number of quaternary nitrogens is 1. The highest BCUT2D eigenvalue weighted by atomic mass is 35.5. The van der Waals surface area contributed by atoms with Gasteiger partial charge in [0, 0.05) is 0 Å². The maximum absolute atomic E-state index is 2.37. The Kier molecular flexibility index (Phi) is 11.7. The van der Waals surface area contributed by atoms with Gasteiger partial charge in [-0.2, -0.15) is 0 Å². The third kappa shape index (κ3) is 10.3. The average molecular weight is 222 g/mol. The lowest BCUT2D eigenvalue weighted by Crippen LogP contribution is -3.00. The molecule has 0 fully saturated rings. The first-order chi connectivity index (χ1) is 6.12. The molecule has 1 nitrogen and oxygen atoms in total. The number of hydrogen-bond acceptors (Lipinski definition) is 0. The second kappa shape index (κ2) is 9.79. The predicted octanol–water partition coefficient (Wildman–Crippen LogP) is 0.447. The molecule has 0 aliphatic carbocycles. The normalized spacial score (nSPS) is 11.1. The minimum atomic E-state index is 0. The van der Waals surface area contributed by atoms with E-state index in [1.807, 2.05) is 0 Å². The van der Waals surface area contributed by atoms with Crippen molar-refractivity contribution >= 4 is 0 Å². The number of halogens is 1. The van der Waals surface area contributed by atoms with Crippen LogP contribution in [0, 0.1) is 0 Å². The van der Waals surface area contributed by atoms with Gasteiger partial charge in [-0.3, -0.25) is 0 Å². The SMILES string of the molecule is CCCCC[N+](C)(C)CCCCC.[Cl-]. The van der Waals surface area contributed by atoms with Crippen LogP contribution in [0.2, 0.25) is 0 Å². The molecule has 0 atom stereocenters. The molecule has 0 saturated carbocycles. The Morgan fingerprint density at radius 3 is 1.36 bits per heavy atom. The van der Waals surface area contributed by atoms with Crippen molar-refractivity contribution in [3.05, 3.63) is 0 Å². The van der Waals surface area contributed by atoms with E-state index in [0.29, 0.717) is 0 Å². The number of unbranched alkanes of at least 4 members (excludes halogenated alkanes) is 4. The highest BCUT2D eigenvalue weighted by Gasteiger charge is 2.12. The molecule has 0 aromatic rings. The zero-order valence-corrected chi connectivity index (χ0v) is 11.2. The van der Waals surface area contributed by atoms with E-state index in [-0.39, 0.29) is 12.4 Å². The Bertz CT molecular complexity index is 101. The lowest BCUT2D eigenvalue weighted by Gasteiger charge is -2.29. The maximum Gasteiger partial charge on any atom is 0.0782 e. The second-order valence-electron chi connectivity index (χ2n) is 4.80. The van der Waals surface area contributed by atoms with Gasteiger partial charge in [0.1, 0.15) is 0 Å². The van der Waals surface area contributed by atoms with E-state index in [1.165, 1.54) is 56.1 Å². The summed E-state index contributed by atoms with van der Waals surface area (Å²) >= 11 is 0. The summed E-state index contributed by atoms with van der Waals surface area (Å²) < 4.78 is 1.22. The van der Waals surface area contributed by atoms with Crippen LogP contribution in [-0.2, 0) is 0 Å². The van der Waals surface area contributed by atoms with Crippen molar-refractivity contribution in [3.63, 3.8) is 0 Å². The monoisotopic (exact) mass is 221 g/mol. The molecule has 0 bridgehead atoms. The van der Waals surface area contributed by atoms with Crippen LogP contribution in [0.25, 0.3) is 0 Å². The van der Waals surface area contributed by atoms with Crippen molar-refractivity contribution in [1.82, 2.24) is 0 Å². The topological polar surface area (TPSA) is 0 Å². The molecule has 0 unspecified atom stereocenters. The average Bonchev–Trinajstić information content (AvgIpc) is 2.05. The summed E-state index contributed by atoms with van der Waals surface area (Å²) in [5.41, 5.74) is 0. The Labute approximate surface area is 96.9 Å². The molecule has 0 rings (SSSR count). The highest BCUT2D eigenvalue weighted by molar-refractivity contribution is 4.41. The summed E-state index contributed by atoms with van der Waals surface area (Å²) in [5.74, 6) is 0. The third-order valence-corrected chi connectivity index (χ3v) is 2.73. The van der Waals surface area contributed by atoms with Gasteiger partial charge < -0.3 is 16.9 Å². The van der Waals surface area contributed by atoms with Crippen molar-refractivity contribution in [2.45, 2.75) is 52.4 Å². The largest absolute Gasteiger partial charge is 1.00 e. The summed E-state index contributed by atoms with van der Waals surface area (Å²) in [6, 6.07) is 0. The van der Waals surface area contributed by atoms with E-state index in [1.54, 1.807) is 0 Å². The lowest BCUT2D eigenvalue weighted by molar-refractivity contribution is -0.890. The van der Waals surface area contributed by atoms with Crippen LogP contribution in [-0.4, -0.2) is 31.7 Å². The zero-order valence-electron chi connectivity index (χ0n) is 10.5. The summed E-state index contributed by atoms with van der Waals surface area (Å²) in [4.78, 5) is 0. The molecule has 0 N–H and O–H groups in total. The van der Waals surface area contributed by atoms with Crippen LogP contribution >= 0.6 is 0 Å². The molecule has 0 spiro atoms. The molecule has 88 valence electrons. The number of hydrogen-bond donors (Lipinski definition) is 0. The van der Waals surface area contributed by atoms with Gasteiger partial charge in [-0.05, 0) is 25.7 Å². The Hall–Kier alpha value is 0.250. The van der Waals surface area contributed by atoms with E-state index < -0.39 is 0 Å². The van der Waals surface area contributed by atoms with Crippen molar-refractivity contribution in [3.8, 4) is 0 Å². The van der Waals surface area contributed by atoms with E-state index in [9.17, 15) is 0 Å². The first-order valence-electron chi connectivity index (χ1n) is 5.94. The molecular formula is C12H28ClN. The second-order valence-corrected chi connectivity index (χ2v) is 4.80. The van der Waals surface area contributed by atoms with Crippen LogP contribution in [0.3, 0.4) is 0 Å². The summed E-state index contributed by atoms with van der Waals surface area (Å²) in [7, 11) is 4.73. The Balaban J connectivity index is 0. The highest BCUT2D eigenvalue weighted by Crippen LogP contribution is 2.06. The molecule has 0 aromatic heterocycles. The lowest BCUT2D eigenvalue weighted by atomic mass is 10.2. The first-order valence-corrected chi connectivity index (χ1v) is 5.94. The summed E-state index contributed by atoms with van der Waals surface area (Å²) in [5, 5.41) is 0. The van der Waals surface area contributed by atoms with Crippen molar-refractivity contribution in [2.24, 2.45) is 0 Å². The van der Waals surface area contributed by atoms with Gasteiger partial charge >= 0.3 is 0 Å². The fraction of sp³-hybridized carbons (Fsp3) is 1.00. The van der Waals surface area contributed by atoms with Gasteiger partial charge in [-0.1, -0.05) is 26.7 Å². The van der Waals surface area contributed by atoms with E-state index >= 15 is 0 Å². The molecule has 0 amide bonds. The summed E-state index contributed by atoms with van der Waals surface area (Å²) in [6.07, 6.45) is 8.28. The van der Waals surface area contributed by atoms with Gasteiger partial charge in [-0.15, -0.1) is 0 Å². The Morgan fingerprint density at radius 1 is 0.714 bits per heavy atom. The van der Waals surface area contributed by atoms with Crippen LogP contribution < -0.4 is 12.4 Å². The van der Waals surface area contributed by atoms with Gasteiger partial charge in [0.2, 0.25) is 0 Å². The van der Waals surface area contributed by atoms with Crippen LogP contribution in [0.1, 0.15) is 52.4 Å². The molecule has 0 aromatic carbocycles. The molecule has 14 heavy (non-hydrogen) atoms. The smallest absolute Gasteiger partial charge is 0.0782 e. The molecule has 0 heterocycles. The molecule has 0 radical (unpaired) electrons. The van der Waals surface area contributed by atoms with Gasteiger partial charge in [0.25, 0.3) is 0 Å². The molecular weight excluding hydrogens is 194 g/mol. The first kappa shape index (κ1) is 16.7.